The number of aryl methyl sites for hydroxylation is 1. The zero-order valence-electron chi connectivity index (χ0n) is 12.7. The van der Waals surface area contributed by atoms with Gasteiger partial charge in [0.25, 0.3) is 0 Å². The van der Waals surface area contributed by atoms with Crippen molar-refractivity contribution in [3.63, 3.8) is 0 Å². The molecule has 0 fully saturated rings. The number of hydrogen-bond acceptors (Lipinski definition) is 5. The topological polar surface area (TPSA) is 68.9 Å². The van der Waals surface area contributed by atoms with Gasteiger partial charge in [-0.25, -0.2) is 9.97 Å². The minimum absolute atomic E-state index is 0.131. The smallest absolute Gasteiger partial charge is 0.208 e. The summed E-state index contributed by atoms with van der Waals surface area (Å²) in [5.74, 6) is 0.373. The maximum absolute atomic E-state index is 12.6. The molecule has 1 aromatic carbocycles. The number of anilines is 1. The first-order chi connectivity index (χ1) is 11.6. The van der Waals surface area contributed by atoms with Crippen molar-refractivity contribution < 1.29 is 4.79 Å². The van der Waals surface area contributed by atoms with Gasteiger partial charge in [0.2, 0.25) is 5.78 Å². The lowest BCUT2D eigenvalue weighted by Gasteiger charge is -2.10. The second kappa shape index (κ2) is 6.00. The number of fused-ring (bicyclic) bond motifs is 1. The van der Waals surface area contributed by atoms with Gasteiger partial charge in [0.15, 0.2) is 0 Å². The number of carbonyl (C=O) groups excluding carboxylic acids is 1. The van der Waals surface area contributed by atoms with Crippen LogP contribution in [0.4, 0.5) is 5.82 Å². The number of thiophene rings is 1. The fourth-order valence-corrected chi connectivity index (χ4v) is 4.32. The van der Waals surface area contributed by atoms with Gasteiger partial charge < -0.3 is 5.73 Å². The Bertz CT molecular complexity index is 938. The molecule has 1 aliphatic carbocycles. The van der Waals surface area contributed by atoms with Gasteiger partial charge in [0.1, 0.15) is 12.1 Å². The molecule has 2 N–H and O–H groups in total. The maximum atomic E-state index is 12.6. The Hall–Kier alpha value is -2.24. The van der Waals surface area contributed by atoms with Crippen LogP contribution in [0.2, 0.25) is 5.02 Å². The first-order valence-corrected chi connectivity index (χ1v) is 8.86. The number of benzene rings is 1. The summed E-state index contributed by atoms with van der Waals surface area (Å²) in [7, 11) is 0. The van der Waals surface area contributed by atoms with Gasteiger partial charge in [-0.1, -0.05) is 17.7 Å². The SMILES string of the molecule is Nc1ncncc1C(=O)c1cc(C2CCc3ccc(Cl)cc32)cs1. The van der Waals surface area contributed by atoms with Gasteiger partial charge in [0, 0.05) is 17.1 Å². The van der Waals surface area contributed by atoms with Gasteiger partial charge >= 0.3 is 0 Å². The third kappa shape index (κ3) is 2.60. The standard InChI is InChI=1S/C18H14ClN3OS/c19-12-3-1-10-2-4-13(14(10)6-12)11-5-16(24-8-11)17(23)15-7-21-9-22-18(15)20/h1,3,5-9,13H,2,4H2,(H2,20,21,22). The van der Waals surface area contributed by atoms with Crippen LogP contribution in [0, 0.1) is 0 Å². The number of nitrogen functional groups attached to an aromatic ring is 1. The highest BCUT2D eigenvalue weighted by Gasteiger charge is 2.26. The Balaban J connectivity index is 1.66. The average molecular weight is 356 g/mol. The number of nitrogens with zero attached hydrogens (tertiary/aromatic N) is 2. The first kappa shape index (κ1) is 15.3. The van der Waals surface area contributed by atoms with Crippen molar-refractivity contribution in [2.45, 2.75) is 18.8 Å². The molecule has 2 aromatic heterocycles. The highest BCUT2D eigenvalue weighted by Crippen LogP contribution is 2.41. The summed E-state index contributed by atoms with van der Waals surface area (Å²) < 4.78 is 0. The number of rotatable bonds is 3. The van der Waals surface area contributed by atoms with E-state index in [2.05, 4.69) is 16.0 Å². The van der Waals surface area contributed by atoms with Crippen molar-refractivity contribution in [2.24, 2.45) is 0 Å². The number of halogens is 1. The molecule has 24 heavy (non-hydrogen) atoms. The fraction of sp³-hybridized carbons (Fsp3) is 0.167. The van der Waals surface area contributed by atoms with Crippen LogP contribution in [0.25, 0.3) is 0 Å². The van der Waals surface area contributed by atoms with Crippen molar-refractivity contribution >= 4 is 34.5 Å². The second-order valence-electron chi connectivity index (χ2n) is 5.83. The molecule has 0 aliphatic heterocycles. The van der Waals surface area contributed by atoms with Gasteiger partial charge in [-0.2, -0.15) is 0 Å². The van der Waals surface area contributed by atoms with Crippen LogP contribution < -0.4 is 5.73 Å². The number of ketones is 1. The molecule has 0 amide bonds. The van der Waals surface area contributed by atoms with Crippen LogP contribution in [0.1, 0.15) is 44.3 Å². The number of nitrogens with two attached hydrogens (primary N) is 1. The van der Waals surface area contributed by atoms with Crippen molar-refractivity contribution in [1.82, 2.24) is 9.97 Å². The molecule has 4 nitrogen and oxygen atoms in total. The average Bonchev–Trinajstić information content (AvgIpc) is 3.20. The lowest BCUT2D eigenvalue weighted by Crippen LogP contribution is -2.06. The van der Waals surface area contributed by atoms with Crippen LogP contribution in [0.15, 0.2) is 42.2 Å². The molecule has 120 valence electrons. The first-order valence-electron chi connectivity index (χ1n) is 7.60. The minimum atomic E-state index is -0.131. The molecule has 0 radical (unpaired) electrons. The molecule has 0 spiro atoms. The highest BCUT2D eigenvalue weighted by molar-refractivity contribution is 7.12. The molecule has 6 heteroatoms. The van der Waals surface area contributed by atoms with Crippen molar-refractivity contribution in [3.8, 4) is 0 Å². The quantitative estimate of drug-likeness (QED) is 0.718. The lowest BCUT2D eigenvalue weighted by atomic mass is 9.95. The summed E-state index contributed by atoms with van der Waals surface area (Å²) in [6, 6.07) is 8.03. The highest BCUT2D eigenvalue weighted by atomic mass is 35.5. The Morgan fingerprint density at radius 3 is 3.04 bits per heavy atom. The Labute approximate surface area is 148 Å². The van der Waals surface area contributed by atoms with Gasteiger partial charge in [-0.05, 0) is 53.1 Å². The lowest BCUT2D eigenvalue weighted by molar-refractivity contribution is 0.104. The molecule has 1 unspecified atom stereocenters. The molecule has 3 aromatic rings. The summed E-state index contributed by atoms with van der Waals surface area (Å²) in [5.41, 5.74) is 9.89. The number of hydrogen-bond donors (Lipinski definition) is 1. The van der Waals surface area contributed by atoms with Crippen LogP contribution in [0.3, 0.4) is 0 Å². The van der Waals surface area contributed by atoms with E-state index in [-0.39, 0.29) is 11.6 Å². The van der Waals surface area contributed by atoms with E-state index in [9.17, 15) is 4.79 Å². The third-order valence-corrected chi connectivity index (χ3v) is 5.60. The molecule has 4 rings (SSSR count). The summed E-state index contributed by atoms with van der Waals surface area (Å²) in [5, 5.41) is 2.80. The summed E-state index contributed by atoms with van der Waals surface area (Å²) >= 11 is 7.58. The van der Waals surface area contributed by atoms with Crippen molar-refractivity contribution in [3.05, 3.63) is 74.3 Å². The molecule has 1 aliphatic rings. The van der Waals surface area contributed by atoms with Crippen molar-refractivity contribution in [2.75, 3.05) is 5.73 Å². The van der Waals surface area contributed by atoms with E-state index in [1.807, 2.05) is 23.6 Å². The van der Waals surface area contributed by atoms with E-state index in [4.69, 9.17) is 17.3 Å². The molecule has 2 heterocycles. The van der Waals surface area contributed by atoms with Crippen LogP contribution >= 0.6 is 22.9 Å². The molecular formula is C18H14ClN3OS. The van der Waals surface area contributed by atoms with Gasteiger partial charge in [0.05, 0.1) is 10.4 Å². The zero-order chi connectivity index (χ0) is 16.7. The molecule has 0 bridgehead atoms. The second-order valence-corrected chi connectivity index (χ2v) is 7.18. The van der Waals surface area contributed by atoms with Crippen LogP contribution in [-0.4, -0.2) is 15.8 Å². The zero-order valence-corrected chi connectivity index (χ0v) is 14.3. The largest absolute Gasteiger partial charge is 0.383 e. The van der Waals surface area contributed by atoms with E-state index >= 15 is 0 Å². The normalized spacial score (nSPS) is 16.1. The number of aromatic nitrogens is 2. The monoisotopic (exact) mass is 355 g/mol. The minimum Gasteiger partial charge on any atom is -0.383 e. The van der Waals surface area contributed by atoms with Crippen LogP contribution in [-0.2, 0) is 6.42 Å². The predicted molar refractivity (Wildman–Crippen MR) is 95.8 cm³/mol. The summed E-state index contributed by atoms with van der Waals surface area (Å²) in [4.78, 5) is 21.1. The Morgan fingerprint density at radius 2 is 2.21 bits per heavy atom. The molecule has 0 saturated heterocycles. The fourth-order valence-electron chi connectivity index (χ4n) is 3.22. The Kier molecular flexibility index (Phi) is 3.82. The summed E-state index contributed by atoms with van der Waals surface area (Å²) in [6.45, 7) is 0. The van der Waals surface area contributed by atoms with Crippen molar-refractivity contribution in [1.29, 1.82) is 0 Å². The van der Waals surface area contributed by atoms with E-state index < -0.39 is 0 Å². The predicted octanol–water partition coefficient (Wildman–Crippen LogP) is 4.08. The van der Waals surface area contributed by atoms with E-state index in [1.54, 1.807) is 0 Å². The summed E-state index contributed by atoms with van der Waals surface area (Å²) in [6.07, 6.45) is 4.88. The van der Waals surface area contributed by atoms with Gasteiger partial charge in [-0.3, -0.25) is 4.79 Å². The molecule has 1 atom stereocenters. The third-order valence-electron chi connectivity index (χ3n) is 4.42. The Morgan fingerprint density at radius 1 is 1.33 bits per heavy atom. The molecule has 0 saturated carbocycles. The van der Waals surface area contributed by atoms with E-state index in [0.29, 0.717) is 16.4 Å². The number of carbonyl (C=O) groups is 1. The van der Waals surface area contributed by atoms with E-state index in [0.717, 1.165) is 23.4 Å². The molecular weight excluding hydrogens is 342 g/mol. The maximum Gasteiger partial charge on any atom is 0.208 e. The van der Waals surface area contributed by atoms with E-state index in [1.165, 1.54) is 35.0 Å². The van der Waals surface area contributed by atoms with Crippen LogP contribution in [0.5, 0.6) is 0 Å². The van der Waals surface area contributed by atoms with Gasteiger partial charge in [-0.15, -0.1) is 11.3 Å².